The largest absolute Gasteiger partial charge is 0.490 e. The topological polar surface area (TPSA) is 61.5 Å². The maximum atomic E-state index is 11.6. The van der Waals surface area contributed by atoms with Gasteiger partial charge >= 0.3 is 5.97 Å². The number of carbonyl (C=O) groups excluding carboxylic acids is 1. The van der Waals surface area contributed by atoms with E-state index in [1.807, 2.05) is 12.1 Å². The lowest BCUT2D eigenvalue weighted by molar-refractivity contribution is -0.147. The molecule has 1 fully saturated rings. The second kappa shape index (κ2) is 5.61. The maximum absolute atomic E-state index is 11.6. The Morgan fingerprint density at radius 1 is 1.42 bits per heavy atom. The van der Waals surface area contributed by atoms with E-state index in [-0.39, 0.29) is 12.1 Å². The summed E-state index contributed by atoms with van der Waals surface area (Å²) in [6, 6.07) is 8.04. The Labute approximate surface area is 113 Å². The molecule has 0 aliphatic heterocycles. The van der Waals surface area contributed by atoms with Crippen LogP contribution in [-0.2, 0) is 16.0 Å². The molecule has 0 radical (unpaired) electrons. The van der Waals surface area contributed by atoms with Crippen LogP contribution in [0.25, 0.3) is 0 Å². The first kappa shape index (κ1) is 13.9. The smallest absolute Gasteiger partial charge is 0.325 e. The molecular weight excluding hydrogens is 242 g/mol. The van der Waals surface area contributed by atoms with Crippen LogP contribution in [0.2, 0.25) is 0 Å². The van der Waals surface area contributed by atoms with Gasteiger partial charge in [-0.3, -0.25) is 4.79 Å². The summed E-state index contributed by atoms with van der Waals surface area (Å²) in [7, 11) is 1.37. The van der Waals surface area contributed by atoms with E-state index >= 15 is 0 Å². The Morgan fingerprint density at radius 2 is 2.11 bits per heavy atom. The fourth-order valence-corrected chi connectivity index (χ4v) is 2.51. The van der Waals surface area contributed by atoms with Gasteiger partial charge in [0.05, 0.1) is 7.11 Å². The van der Waals surface area contributed by atoms with E-state index < -0.39 is 5.54 Å². The molecule has 4 nitrogen and oxygen atoms in total. The minimum absolute atomic E-state index is 0.0171. The number of ether oxygens (including phenoxy) is 2. The van der Waals surface area contributed by atoms with Crippen LogP contribution in [0.3, 0.4) is 0 Å². The van der Waals surface area contributed by atoms with Crippen molar-refractivity contribution in [3.63, 3.8) is 0 Å². The first-order chi connectivity index (χ1) is 9.07. The van der Waals surface area contributed by atoms with Crippen molar-refractivity contribution >= 4 is 5.97 Å². The first-order valence-electron chi connectivity index (χ1n) is 6.70. The summed E-state index contributed by atoms with van der Waals surface area (Å²) in [6.45, 7) is 2.12. The number of nitrogens with two attached hydrogens (primary N) is 1. The van der Waals surface area contributed by atoms with E-state index in [0.29, 0.717) is 12.8 Å². The molecule has 0 heterocycles. The second-order valence-electron chi connectivity index (χ2n) is 5.13. The molecule has 2 rings (SSSR count). The minimum atomic E-state index is -0.886. The van der Waals surface area contributed by atoms with Gasteiger partial charge in [0.2, 0.25) is 0 Å². The van der Waals surface area contributed by atoms with Gasteiger partial charge in [-0.1, -0.05) is 19.1 Å². The van der Waals surface area contributed by atoms with Crippen LogP contribution in [0, 0.1) is 0 Å². The fourth-order valence-electron chi connectivity index (χ4n) is 2.51. The number of hydrogen-bond donors (Lipinski definition) is 1. The highest BCUT2D eigenvalue weighted by Crippen LogP contribution is 2.31. The molecule has 2 unspecified atom stereocenters. The zero-order valence-electron chi connectivity index (χ0n) is 11.5. The van der Waals surface area contributed by atoms with Crippen LogP contribution in [0.4, 0.5) is 0 Å². The van der Waals surface area contributed by atoms with Crippen molar-refractivity contribution in [2.45, 2.75) is 44.2 Å². The molecule has 0 amide bonds. The van der Waals surface area contributed by atoms with Gasteiger partial charge in [0, 0.05) is 6.42 Å². The number of rotatable bonds is 4. The molecule has 0 aromatic heterocycles. The molecule has 2 N–H and O–H groups in total. The van der Waals surface area contributed by atoms with Crippen molar-refractivity contribution in [3.05, 3.63) is 29.8 Å². The minimum Gasteiger partial charge on any atom is -0.490 e. The van der Waals surface area contributed by atoms with E-state index in [1.165, 1.54) is 12.7 Å². The van der Waals surface area contributed by atoms with Crippen LogP contribution < -0.4 is 10.5 Å². The van der Waals surface area contributed by atoms with E-state index in [4.69, 9.17) is 15.2 Å². The Hall–Kier alpha value is -1.55. The lowest BCUT2D eigenvalue weighted by atomic mass is 10.00. The van der Waals surface area contributed by atoms with Gasteiger partial charge < -0.3 is 15.2 Å². The molecule has 104 valence electrons. The van der Waals surface area contributed by atoms with Crippen molar-refractivity contribution in [2.24, 2.45) is 5.73 Å². The summed E-state index contributed by atoms with van der Waals surface area (Å²) >= 11 is 0. The van der Waals surface area contributed by atoms with Gasteiger partial charge in [-0.2, -0.15) is 0 Å². The van der Waals surface area contributed by atoms with E-state index in [0.717, 1.165) is 18.6 Å². The molecule has 2 atom stereocenters. The lowest BCUT2D eigenvalue weighted by Gasteiger charge is -2.20. The number of carbonyl (C=O) groups is 1. The van der Waals surface area contributed by atoms with Crippen molar-refractivity contribution in [1.82, 2.24) is 0 Å². The molecular formula is C15H21NO3. The standard InChI is InChI=1S/C15H21NO3/c1-3-11-4-6-12(7-5-11)19-13-8-9-15(16,10-13)14(17)18-2/h4-7,13H,3,8-10,16H2,1-2H3. The highest BCUT2D eigenvalue weighted by Gasteiger charge is 2.44. The van der Waals surface area contributed by atoms with Crippen LogP contribution >= 0.6 is 0 Å². The van der Waals surface area contributed by atoms with Crippen LogP contribution in [0.1, 0.15) is 31.7 Å². The molecule has 1 aliphatic carbocycles. The normalized spacial score (nSPS) is 26.2. The average Bonchev–Trinajstić information content (AvgIpc) is 2.81. The molecule has 1 aromatic rings. The van der Waals surface area contributed by atoms with Crippen molar-refractivity contribution in [3.8, 4) is 5.75 Å². The zero-order valence-corrected chi connectivity index (χ0v) is 11.5. The van der Waals surface area contributed by atoms with Gasteiger partial charge in [-0.15, -0.1) is 0 Å². The number of benzene rings is 1. The lowest BCUT2D eigenvalue weighted by Crippen LogP contribution is -2.47. The number of methoxy groups -OCH3 is 1. The van der Waals surface area contributed by atoms with Gasteiger partial charge in [0.25, 0.3) is 0 Å². The number of hydrogen-bond acceptors (Lipinski definition) is 4. The van der Waals surface area contributed by atoms with Crippen molar-refractivity contribution < 1.29 is 14.3 Å². The van der Waals surface area contributed by atoms with E-state index in [2.05, 4.69) is 19.1 Å². The molecule has 0 spiro atoms. The monoisotopic (exact) mass is 263 g/mol. The summed E-state index contributed by atoms with van der Waals surface area (Å²) < 4.78 is 10.6. The highest BCUT2D eigenvalue weighted by molar-refractivity contribution is 5.80. The molecule has 1 saturated carbocycles. The Balaban J connectivity index is 1.96. The van der Waals surface area contributed by atoms with Gasteiger partial charge in [0.15, 0.2) is 0 Å². The average molecular weight is 263 g/mol. The third-order valence-corrected chi connectivity index (χ3v) is 3.73. The highest BCUT2D eigenvalue weighted by atomic mass is 16.5. The van der Waals surface area contributed by atoms with Crippen LogP contribution in [0.5, 0.6) is 5.75 Å². The first-order valence-corrected chi connectivity index (χ1v) is 6.70. The second-order valence-corrected chi connectivity index (χ2v) is 5.13. The number of aryl methyl sites for hydroxylation is 1. The molecule has 1 aliphatic rings. The molecule has 19 heavy (non-hydrogen) atoms. The van der Waals surface area contributed by atoms with E-state index in [1.54, 1.807) is 0 Å². The van der Waals surface area contributed by atoms with Gasteiger partial charge in [-0.05, 0) is 37.0 Å². The summed E-state index contributed by atoms with van der Waals surface area (Å²) in [5.74, 6) is 0.483. The third-order valence-electron chi connectivity index (χ3n) is 3.73. The number of esters is 1. The zero-order chi connectivity index (χ0) is 13.9. The summed E-state index contributed by atoms with van der Waals surface area (Å²) in [6.07, 6.45) is 2.89. The summed E-state index contributed by atoms with van der Waals surface area (Å²) in [5, 5.41) is 0. The predicted molar refractivity (Wildman–Crippen MR) is 73.0 cm³/mol. The quantitative estimate of drug-likeness (QED) is 0.845. The Morgan fingerprint density at radius 3 is 2.68 bits per heavy atom. The Bertz CT molecular complexity index is 443. The van der Waals surface area contributed by atoms with Crippen molar-refractivity contribution in [2.75, 3.05) is 7.11 Å². The van der Waals surface area contributed by atoms with Crippen molar-refractivity contribution in [1.29, 1.82) is 0 Å². The summed E-state index contributed by atoms with van der Waals surface area (Å²) in [4.78, 5) is 11.6. The Kier molecular flexibility index (Phi) is 4.10. The molecule has 0 saturated heterocycles. The van der Waals surface area contributed by atoms with Gasteiger partial charge in [0.1, 0.15) is 17.4 Å². The summed E-state index contributed by atoms with van der Waals surface area (Å²) in [5.41, 5.74) is 6.44. The molecule has 1 aromatic carbocycles. The molecule has 0 bridgehead atoms. The predicted octanol–water partition coefficient (Wildman–Crippen LogP) is 2.05. The maximum Gasteiger partial charge on any atom is 0.325 e. The fraction of sp³-hybridized carbons (Fsp3) is 0.533. The molecule has 4 heteroatoms. The van der Waals surface area contributed by atoms with Crippen LogP contribution in [-0.4, -0.2) is 24.7 Å². The SMILES string of the molecule is CCc1ccc(OC2CCC(N)(C(=O)OC)C2)cc1. The van der Waals surface area contributed by atoms with Gasteiger partial charge in [-0.25, -0.2) is 0 Å². The van der Waals surface area contributed by atoms with Crippen LogP contribution in [0.15, 0.2) is 24.3 Å². The van der Waals surface area contributed by atoms with E-state index in [9.17, 15) is 4.79 Å². The third kappa shape index (κ3) is 3.07.